The van der Waals surface area contributed by atoms with Crippen molar-refractivity contribution in [1.82, 2.24) is 4.90 Å². The first-order valence-corrected chi connectivity index (χ1v) is 6.05. The van der Waals surface area contributed by atoms with Crippen molar-refractivity contribution in [1.29, 1.82) is 0 Å². The molecule has 104 valence electrons. The summed E-state index contributed by atoms with van der Waals surface area (Å²) in [7, 11) is 3.38. The summed E-state index contributed by atoms with van der Waals surface area (Å²) in [4.78, 5) is 25.3. The highest BCUT2D eigenvalue weighted by Crippen LogP contribution is 2.17. The molecule has 1 rings (SSSR count). The summed E-state index contributed by atoms with van der Waals surface area (Å²) >= 11 is 0. The lowest BCUT2D eigenvalue weighted by molar-refractivity contribution is -0.120. The van der Waals surface area contributed by atoms with E-state index in [0.717, 1.165) is 5.56 Å². The molecule has 19 heavy (non-hydrogen) atoms. The first-order valence-electron chi connectivity index (χ1n) is 6.05. The zero-order valence-electron chi connectivity index (χ0n) is 12.1. The predicted molar refractivity (Wildman–Crippen MR) is 76.1 cm³/mol. The first-order chi connectivity index (χ1) is 8.62. The van der Waals surface area contributed by atoms with Crippen LogP contribution in [0, 0.1) is 6.92 Å². The number of carbonyl (C=O) groups is 2. The third-order valence-electron chi connectivity index (χ3n) is 2.72. The van der Waals surface area contributed by atoms with Crippen LogP contribution in [0.3, 0.4) is 0 Å². The largest absolute Gasteiger partial charge is 0.345 e. The molecule has 0 aliphatic heterocycles. The van der Waals surface area contributed by atoms with E-state index in [1.807, 2.05) is 6.92 Å². The fourth-order valence-corrected chi connectivity index (χ4v) is 1.46. The van der Waals surface area contributed by atoms with Crippen LogP contribution in [0.5, 0.6) is 0 Å². The van der Waals surface area contributed by atoms with E-state index in [4.69, 9.17) is 5.73 Å². The number of benzene rings is 1. The van der Waals surface area contributed by atoms with Crippen LogP contribution in [0.25, 0.3) is 0 Å². The summed E-state index contributed by atoms with van der Waals surface area (Å²) in [6.07, 6.45) is 0. The van der Waals surface area contributed by atoms with Crippen LogP contribution in [0.15, 0.2) is 18.2 Å². The van der Waals surface area contributed by atoms with Crippen molar-refractivity contribution in [2.45, 2.75) is 26.3 Å². The molecule has 0 saturated carbocycles. The van der Waals surface area contributed by atoms with Crippen LogP contribution >= 0.6 is 0 Å². The van der Waals surface area contributed by atoms with E-state index in [-0.39, 0.29) is 11.8 Å². The summed E-state index contributed by atoms with van der Waals surface area (Å²) in [6.45, 7) is 5.11. The Morgan fingerprint density at radius 1 is 1.26 bits per heavy atom. The smallest absolute Gasteiger partial charge is 0.253 e. The monoisotopic (exact) mass is 263 g/mol. The van der Waals surface area contributed by atoms with E-state index in [0.29, 0.717) is 11.3 Å². The van der Waals surface area contributed by atoms with E-state index in [1.165, 1.54) is 4.90 Å². The van der Waals surface area contributed by atoms with Gasteiger partial charge in [-0.15, -0.1) is 0 Å². The molecule has 0 heterocycles. The van der Waals surface area contributed by atoms with Gasteiger partial charge in [0.05, 0.1) is 5.54 Å². The maximum Gasteiger partial charge on any atom is 0.253 e. The van der Waals surface area contributed by atoms with E-state index in [9.17, 15) is 9.59 Å². The number of nitrogens with one attached hydrogen (secondary N) is 1. The number of amides is 2. The number of rotatable bonds is 3. The highest BCUT2D eigenvalue weighted by Gasteiger charge is 2.22. The summed E-state index contributed by atoms with van der Waals surface area (Å²) in [6, 6.07) is 5.22. The molecule has 0 aromatic heterocycles. The fourth-order valence-electron chi connectivity index (χ4n) is 1.46. The minimum atomic E-state index is -0.962. The topological polar surface area (TPSA) is 75.4 Å². The molecule has 0 unspecified atom stereocenters. The number of carbonyl (C=O) groups excluding carboxylic acids is 2. The minimum absolute atomic E-state index is 0.0967. The number of nitrogens with zero attached hydrogens (tertiary/aromatic N) is 1. The Kier molecular flexibility index (Phi) is 4.32. The van der Waals surface area contributed by atoms with Gasteiger partial charge in [-0.05, 0) is 38.5 Å². The quantitative estimate of drug-likeness (QED) is 0.865. The van der Waals surface area contributed by atoms with E-state index in [1.54, 1.807) is 46.1 Å². The zero-order chi connectivity index (χ0) is 14.8. The van der Waals surface area contributed by atoms with Gasteiger partial charge in [-0.1, -0.05) is 6.07 Å². The van der Waals surface area contributed by atoms with Gasteiger partial charge in [-0.3, -0.25) is 9.59 Å². The van der Waals surface area contributed by atoms with Crippen LogP contribution < -0.4 is 11.1 Å². The Labute approximate surface area is 113 Å². The van der Waals surface area contributed by atoms with Crippen molar-refractivity contribution in [3.05, 3.63) is 29.3 Å². The Hall–Kier alpha value is -1.88. The number of nitrogens with two attached hydrogens (primary N) is 1. The molecule has 0 saturated heterocycles. The van der Waals surface area contributed by atoms with Crippen molar-refractivity contribution < 1.29 is 9.59 Å². The van der Waals surface area contributed by atoms with Gasteiger partial charge in [-0.25, -0.2) is 0 Å². The summed E-state index contributed by atoms with van der Waals surface area (Å²) < 4.78 is 0. The number of anilines is 1. The molecule has 0 aliphatic rings. The highest BCUT2D eigenvalue weighted by atomic mass is 16.2. The molecule has 3 N–H and O–H groups in total. The van der Waals surface area contributed by atoms with E-state index < -0.39 is 5.54 Å². The molecule has 5 nitrogen and oxygen atoms in total. The number of aryl methyl sites for hydroxylation is 1. The molecule has 0 radical (unpaired) electrons. The molecule has 0 bridgehead atoms. The lowest BCUT2D eigenvalue weighted by Crippen LogP contribution is -2.45. The summed E-state index contributed by atoms with van der Waals surface area (Å²) in [5.74, 6) is -0.389. The second kappa shape index (κ2) is 5.40. The second-order valence-electron chi connectivity index (χ2n) is 5.41. The fraction of sp³-hybridized carbons (Fsp3) is 0.429. The molecular weight excluding hydrogens is 242 g/mol. The molecule has 1 aromatic rings. The Morgan fingerprint density at radius 3 is 2.32 bits per heavy atom. The molecule has 0 atom stereocenters. The van der Waals surface area contributed by atoms with Crippen molar-refractivity contribution >= 4 is 17.5 Å². The molecule has 0 spiro atoms. The van der Waals surface area contributed by atoms with Gasteiger partial charge < -0.3 is 16.0 Å². The maximum absolute atomic E-state index is 12.0. The average Bonchev–Trinajstić information content (AvgIpc) is 2.29. The normalized spacial score (nSPS) is 11.1. The molecule has 1 aromatic carbocycles. The lowest BCUT2D eigenvalue weighted by Gasteiger charge is -2.19. The first kappa shape index (κ1) is 15.2. The lowest BCUT2D eigenvalue weighted by atomic mass is 10.0. The summed E-state index contributed by atoms with van der Waals surface area (Å²) in [5.41, 5.74) is 6.75. The number of hydrogen-bond donors (Lipinski definition) is 2. The maximum atomic E-state index is 12.0. The predicted octanol–water partition coefficient (Wildman–Crippen LogP) is 1.37. The SMILES string of the molecule is Cc1ccc(NC(=O)C(C)(C)N)cc1C(=O)N(C)C. The standard InChI is InChI=1S/C14H21N3O2/c1-9-6-7-10(16-13(19)14(2,3)15)8-11(9)12(18)17(4)5/h6-8H,15H2,1-5H3,(H,16,19). The van der Waals surface area contributed by atoms with Crippen LogP contribution in [-0.2, 0) is 4.79 Å². The third-order valence-corrected chi connectivity index (χ3v) is 2.72. The Balaban J connectivity index is 3.04. The van der Waals surface area contributed by atoms with Crippen molar-refractivity contribution in [3.8, 4) is 0 Å². The van der Waals surface area contributed by atoms with Gasteiger partial charge in [0.2, 0.25) is 5.91 Å². The van der Waals surface area contributed by atoms with Crippen molar-refractivity contribution in [2.75, 3.05) is 19.4 Å². The van der Waals surface area contributed by atoms with Gasteiger partial charge in [0.15, 0.2) is 0 Å². The Morgan fingerprint density at radius 2 is 1.84 bits per heavy atom. The van der Waals surface area contributed by atoms with E-state index >= 15 is 0 Å². The third kappa shape index (κ3) is 3.79. The molecule has 5 heteroatoms. The summed E-state index contributed by atoms with van der Waals surface area (Å²) in [5, 5.41) is 2.71. The van der Waals surface area contributed by atoms with Gasteiger partial charge in [0.25, 0.3) is 5.91 Å². The van der Waals surface area contributed by atoms with Crippen molar-refractivity contribution in [2.24, 2.45) is 5.73 Å². The van der Waals surface area contributed by atoms with Crippen molar-refractivity contribution in [3.63, 3.8) is 0 Å². The van der Waals surface area contributed by atoms with E-state index in [2.05, 4.69) is 5.32 Å². The Bertz CT molecular complexity index is 502. The average molecular weight is 263 g/mol. The van der Waals surface area contributed by atoms with Gasteiger partial charge in [-0.2, -0.15) is 0 Å². The second-order valence-corrected chi connectivity index (χ2v) is 5.41. The van der Waals surface area contributed by atoms with Crippen LogP contribution in [0.4, 0.5) is 5.69 Å². The van der Waals surface area contributed by atoms with Crippen LogP contribution in [0.2, 0.25) is 0 Å². The zero-order valence-corrected chi connectivity index (χ0v) is 12.1. The van der Waals surface area contributed by atoms with Gasteiger partial charge >= 0.3 is 0 Å². The number of hydrogen-bond acceptors (Lipinski definition) is 3. The minimum Gasteiger partial charge on any atom is -0.345 e. The van der Waals surface area contributed by atoms with Gasteiger partial charge in [0.1, 0.15) is 0 Å². The van der Waals surface area contributed by atoms with Crippen LogP contribution in [0.1, 0.15) is 29.8 Å². The molecule has 0 aliphatic carbocycles. The molecule has 0 fully saturated rings. The van der Waals surface area contributed by atoms with Gasteiger partial charge in [0, 0.05) is 25.3 Å². The molecular formula is C14H21N3O2. The van der Waals surface area contributed by atoms with Crippen LogP contribution in [-0.4, -0.2) is 36.3 Å². The highest BCUT2D eigenvalue weighted by molar-refractivity contribution is 6.00. The molecule has 2 amide bonds.